The lowest BCUT2D eigenvalue weighted by Crippen LogP contribution is -1.85. The van der Waals surface area contributed by atoms with Crippen molar-refractivity contribution in [3.8, 4) is 0 Å². The molecule has 0 heterocycles. The standard InChI is InChI=1S/C3H8O.H4Si/c1-3(2)4;/h3-4H,1-2H3;1H4. The zero-order valence-electron chi connectivity index (χ0n) is 3.02. The summed E-state index contributed by atoms with van der Waals surface area (Å²) < 4.78 is 0. The van der Waals surface area contributed by atoms with Crippen molar-refractivity contribution in [3.05, 3.63) is 0 Å². The molecule has 0 aromatic rings. The Balaban J connectivity index is 0. The van der Waals surface area contributed by atoms with Crippen molar-refractivity contribution in [2.75, 3.05) is 0 Å². The Bertz CT molecular complexity index is 11.6. The Morgan fingerprint density at radius 3 is 1.40 bits per heavy atom. The number of aliphatic hydroxyl groups is 1. The molecule has 0 bridgehead atoms. The molecule has 0 amide bonds. The molecule has 1 nitrogen and oxygen atoms in total. The van der Waals surface area contributed by atoms with Gasteiger partial charge in [-0.15, -0.1) is 0 Å². The average molecular weight is 92.2 g/mol. The quantitative estimate of drug-likeness (QED) is 0.377. The first kappa shape index (κ1) is 8.95. The number of aliphatic hydroxyl groups excluding tert-OH is 1. The van der Waals surface area contributed by atoms with Crippen LogP contribution in [0.25, 0.3) is 0 Å². The maximum atomic E-state index is 8.06. The predicted octanol–water partition coefficient (Wildman–Crippen LogP) is -1.06. The lowest BCUT2D eigenvalue weighted by molar-refractivity contribution is 0.216. The van der Waals surface area contributed by atoms with Crippen molar-refractivity contribution in [1.82, 2.24) is 0 Å². The van der Waals surface area contributed by atoms with Crippen LogP contribution in [0.3, 0.4) is 0 Å². The highest BCUT2D eigenvalue weighted by atomic mass is 28.1. The van der Waals surface area contributed by atoms with Gasteiger partial charge in [0.25, 0.3) is 0 Å². The van der Waals surface area contributed by atoms with E-state index in [0.29, 0.717) is 0 Å². The van der Waals surface area contributed by atoms with Gasteiger partial charge >= 0.3 is 0 Å². The van der Waals surface area contributed by atoms with E-state index in [-0.39, 0.29) is 17.1 Å². The summed E-state index contributed by atoms with van der Waals surface area (Å²) in [6.45, 7) is 3.44. The molecule has 0 saturated heterocycles. The molecular formula is C3H12OSi. The van der Waals surface area contributed by atoms with Crippen LogP contribution in [-0.2, 0) is 0 Å². The van der Waals surface area contributed by atoms with E-state index in [1.165, 1.54) is 0 Å². The third kappa shape index (κ3) is 633. The summed E-state index contributed by atoms with van der Waals surface area (Å²) in [4.78, 5) is 0. The van der Waals surface area contributed by atoms with E-state index in [1.54, 1.807) is 13.8 Å². The van der Waals surface area contributed by atoms with Gasteiger partial charge in [-0.1, -0.05) is 0 Å². The van der Waals surface area contributed by atoms with E-state index in [4.69, 9.17) is 5.11 Å². The Morgan fingerprint density at radius 1 is 1.40 bits per heavy atom. The van der Waals surface area contributed by atoms with Crippen LogP contribution in [0.5, 0.6) is 0 Å². The van der Waals surface area contributed by atoms with Crippen LogP contribution in [0.4, 0.5) is 0 Å². The van der Waals surface area contributed by atoms with Crippen molar-refractivity contribution in [2.45, 2.75) is 20.0 Å². The van der Waals surface area contributed by atoms with Gasteiger partial charge in [-0.05, 0) is 24.8 Å². The van der Waals surface area contributed by atoms with Gasteiger partial charge < -0.3 is 5.11 Å². The van der Waals surface area contributed by atoms with E-state index in [0.717, 1.165) is 0 Å². The second kappa shape index (κ2) is 4.18. The van der Waals surface area contributed by atoms with Gasteiger partial charge in [0.2, 0.25) is 0 Å². The highest BCUT2D eigenvalue weighted by molar-refractivity contribution is 5.75. The molecule has 5 heavy (non-hydrogen) atoms. The Kier molecular flexibility index (Phi) is 7.48. The number of hydrogen-bond donors (Lipinski definition) is 1. The largest absolute Gasteiger partial charge is 0.394 e. The monoisotopic (exact) mass is 92.1 g/mol. The van der Waals surface area contributed by atoms with Crippen LogP contribution < -0.4 is 0 Å². The van der Waals surface area contributed by atoms with Gasteiger partial charge in [-0.3, -0.25) is 0 Å². The molecular weight excluding hydrogens is 80.1 g/mol. The molecule has 0 aromatic heterocycles. The minimum absolute atomic E-state index is 0. The van der Waals surface area contributed by atoms with Crippen LogP contribution in [0.1, 0.15) is 13.8 Å². The molecule has 0 aliphatic rings. The third-order valence-electron chi connectivity index (χ3n) is 0. The van der Waals surface area contributed by atoms with Crippen LogP contribution in [0.2, 0.25) is 0 Å². The lowest BCUT2D eigenvalue weighted by atomic mass is 10.5. The topological polar surface area (TPSA) is 20.2 Å². The molecule has 0 atom stereocenters. The summed E-state index contributed by atoms with van der Waals surface area (Å²) >= 11 is 0. The summed E-state index contributed by atoms with van der Waals surface area (Å²) in [6, 6.07) is 0. The first-order chi connectivity index (χ1) is 1.73. The van der Waals surface area contributed by atoms with Crippen molar-refractivity contribution in [1.29, 1.82) is 0 Å². The second-order valence-corrected chi connectivity index (χ2v) is 1.09. The zero-order chi connectivity index (χ0) is 3.58. The van der Waals surface area contributed by atoms with E-state index in [1.807, 2.05) is 0 Å². The van der Waals surface area contributed by atoms with Crippen LogP contribution in [0, 0.1) is 0 Å². The van der Waals surface area contributed by atoms with Gasteiger partial charge in [-0.2, -0.15) is 0 Å². The molecule has 0 unspecified atom stereocenters. The Morgan fingerprint density at radius 2 is 1.40 bits per heavy atom. The molecule has 0 aliphatic heterocycles. The first-order valence-electron chi connectivity index (χ1n) is 1.41. The third-order valence-corrected chi connectivity index (χ3v) is 0. The minimum atomic E-state index is -0.167. The fourth-order valence-electron chi connectivity index (χ4n) is 0. The fourth-order valence-corrected chi connectivity index (χ4v) is 0. The zero-order valence-corrected chi connectivity index (χ0v) is 3.02. The summed E-state index contributed by atoms with van der Waals surface area (Å²) in [5.74, 6) is 0. The van der Waals surface area contributed by atoms with Crippen molar-refractivity contribution in [2.24, 2.45) is 0 Å². The molecule has 0 fully saturated rings. The molecule has 1 N–H and O–H groups in total. The molecule has 2 heteroatoms. The molecule has 0 aromatic carbocycles. The normalized spacial score (nSPS) is 7.20. The summed E-state index contributed by atoms with van der Waals surface area (Å²) in [5.41, 5.74) is 0. The van der Waals surface area contributed by atoms with Gasteiger partial charge in [0.05, 0.1) is 0 Å². The van der Waals surface area contributed by atoms with E-state index < -0.39 is 0 Å². The van der Waals surface area contributed by atoms with Crippen molar-refractivity contribution >= 4 is 11.0 Å². The maximum Gasteiger partial charge on any atom is 0.0483 e. The highest BCUT2D eigenvalue weighted by Crippen LogP contribution is 1.65. The fraction of sp³-hybridized carbons (Fsp3) is 1.00. The lowest BCUT2D eigenvalue weighted by Gasteiger charge is -1.80. The van der Waals surface area contributed by atoms with Gasteiger partial charge in [-0.25, -0.2) is 0 Å². The summed E-state index contributed by atoms with van der Waals surface area (Å²) in [7, 11) is 0. The molecule has 0 radical (unpaired) electrons. The van der Waals surface area contributed by atoms with Crippen LogP contribution in [0.15, 0.2) is 0 Å². The second-order valence-electron chi connectivity index (χ2n) is 1.09. The maximum absolute atomic E-state index is 8.06. The van der Waals surface area contributed by atoms with Gasteiger partial charge in [0, 0.05) is 6.10 Å². The Hall–Kier alpha value is 0.177. The SMILES string of the molecule is CC(C)O.[SiH4]. The first-order valence-corrected chi connectivity index (χ1v) is 1.41. The van der Waals surface area contributed by atoms with E-state index in [2.05, 4.69) is 0 Å². The van der Waals surface area contributed by atoms with E-state index >= 15 is 0 Å². The molecule has 0 aliphatic carbocycles. The number of hydrogen-bond acceptors (Lipinski definition) is 1. The van der Waals surface area contributed by atoms with Crippen LogP contribution in [-0.4, -0.2) is 22.2 Å². The number of rotatable bonds is 0. The minimum Gasteiger partial charge on any atom is -0.394 e. The molecule has 0 rings (SSSR count). The predicted molar refractivity (Wildman–Crippen MR) is 28.7 cm³/mol. The molecule has 0 spiro atoms. The van der Waals surface area contributed by atoms with Gasteiger partial charge in [0.15, 0.2) is 0 Å². The average Bonchev–Trinajstić information content (AvgIpc) is 0.811. The molecule has 34 valence electrons. The van der Waals surface area contributed by atoms with E-state index in [9.17, 15) is 0 Å². The Labute approximate surface area is 37.0 Å². The van der Waals surface area contributed by atoms with Crippen molar-refractivity contribution in [3.63, 3.8) is 0 Å². The summed E-state index contributed by atoms with van der Waals surface area (Å²) in [6.07, 6.45) is -0.167. The smallest absolute Gasteiger partial charge is 0.0483 e. The highest BCUT2D eigenvalue weighted by Gasteiger charge is 1.69. The van der Waals surface area contributed by atoms with Crippen molar-refractivity contribution < 1.29 is 5.11 Å². The van der Waals surface area contributed by atoms with Gasteiger partial charge in [0.1, 0.15) is 0 Å². The summed E-state index contributed by atoms with van der Waals surface area (Å²) in [5, 5.41) is 8.06. The molecule has 0 saturated carbocycles. The van der Waals surface area contributed by atoms with Crippen LogP contribution >= 0.6 is 0 Å².